The second-order valence-electron chi connectivity index (χ2n) is 5.76. The van der Waals surface area contributed by atoms with Gasteiger partial charge in [0.05, 0.1) is 6.10 Å². The van der Waals surface area contributed by atoms with Gasteiger partial charge in [-0.05, 0) is 50.1 Å². The molecule has 17 heavy (non-hydrogen) atoms. The maximum absolute atomic E-state index is 5.80. The van der Waals surface area contributed by atoms with Crippen LogP contribution in [0.4, 0.5) is 0 Å². The summed E-state index contributed by atoms with van der Waals surface area (Å²) in [5, 5.41) is 3.59. The lowest BCUT2D eigenvalue weighted by molar-refractivity contribution is 0.0870. The van der Waals surface area contributed by atoms with E-state index in [0.717, 1.165) is 38.6 Å². The SMILES string of the molecule is CCC1OCCC1CNCC(CN)CC(C)C. The summed E-state index contributed by atoms with van der Waals surface area (Å²) in [4.78, 5) is 0. The van der Waals surface area contributed by atoms with Gasteiger partial charge in [0.15, 0.2) is 0 Å². The van der Waals surface area contributed by atoms with E-state index in [4.69, 9.17) is 10.5 Å². The molecule has 1 rings (SSSR count). The topological polar surface area (TPSA) is 47.3 Å². The van der Waals surface area contributed by atoms with Crippen molar-refractivity contribution in [3.05, 3.63) is 0 Å². The average Bonchev–Trinajstić information content (AvgIpc) is 2.74. The Morgan fingerprint density at radius 3 is 2.76 bits per heavy atom. The fraction of sp³-hybridized carbons (Fsp3) is 1.00. The Labute approximate surface area is 106 Å². The van der Waals surface area contributed by atoms with Crippen molar-refractivity contribution in [1.29, 1.82) is 0 Å². The summed E-state index contributed by atoms with van der Waals surface area (Å²) in [6.45, 7) is 10.6. The van der Waals surface area contributed by atoms with Crippen LogP contribution in [-0.4, -0.2) is 32.3 Å². The number of nitrogens with one attached hydrogen (secondary N) is 1. The summed E-state index contributed by atoms with van der Waals surface area (Å²) in [6, 6.07) is 0. The van der Waals surface area contributed by atoms with Crippen LogP contribution in [0.25, 0.3) is 0 Å². The molecule has 1 fully saturated rings. The van der Waals surface area contributed by atoms with Gasteiger partial charge in [0.2, 0.25) is 0 Å². The molecule has 1 saturated heterocycles. The van der Waals surface area contributed by atoms with E-state index in [-0.39, 0.29) is 0 Å². The van der Waals surface area contributed by atoms with Crippen molar-refractivity contribution >= 4 is 0 Å². The second-order valence-corrected chi connectivity index (χ2v) is 5.76. The van der Waals surface area contributed by atoms with Gasteiger partial charge in [-0.25, -0.2) is 0 Å². The fourth-order valence-corrected chi connectivity index (χ4v) is 2.78. The minimum atomic E-state index is 0.476. The summed E-state index contributed by atoms with van der Waals surface area (Å²) in [6.07, 6.45) is 4.05. The lowest BCUT2D eigenvalue weighted by Crippen LogP contribution is -2.34. The number of hydrogen-bond donors (Lipinski definition) is 2. The van der Waals surface area contributed by atoms with Gasteiger partial charge in [0.25, 0.3) is 0 Å². The lowest BCUT2D eigenvalue weighted by Gasteiger charge is -2.21. The first-order chi connectivity index (χ1) is 8.17. The quantitative estimate of drug-likeness (QED) is 0.684. The van der Waals surface area contributed by atoms with Crippen LogP contribution < -0.4 is 11.1 Å². The summed E-state index contributed by atoms with van der Waals surface area (Å²) in [7, 11) is 0. The Morgan fingerprint density at radius 2 is 2.18 bits per heavy atom. The Bertz CT molecular complexity index is 197. The Hall–Kier alpha value is -0.120. The molecule has 0 aliphatic carbocycles. The molecule has 0 aromatic rings. The van der Waals surface area contributed by atoms with Gasteiger partial charge in [-0.3, -0.25) is 0 Å². The summed E-state index contributed by atoms with van der Waals surface area (Å²) in [5.41, 5.74) is 5.80. The smallest absolute Gasteiger partial charge is 0.0613 e. The fourth-order valence-electron chi connectivity index (χ4n) is 2.78. The van der Waals surface area contributed by atoms with E-state index in [2.05, 4.69) is 26.1 Å². The van der Waals surface area contributed by atoms with Crippen molar-refractivity contribution in [2.24, 2.45) is 23.5 Å². The van der Waals surface area contributed by atoms with E-state index in [1.807, 2.05) is 0 Å². The zero-order valence-corrected chi connectivity index (χ0v) is 11.7. The third-order valence-electron chi connectivity index (χ3n) is 3.73. The van der Waals surface area contributed by atoms with Gasteiger partial charge in [-0.2, -0.15) is 0 Å². The maximum atomic E-state index is 5.80. The van der Waals surface area contributed by atoms with Gasteiger partial charge in [-0.15, -0.1) is 0 Å². The van der Waals surface area contributed by atoms with E-state index in [0.29, 0.717) is 17.9 Å². The predicted molar refractivity (Wildman–Crippen MR) is 73.0 cm³/mol. The zero-order chi connectivity index (χ0) is 12.7. The van der Waals surface area contributed by atoms with Gasteiger partial charge in [-0.1, -0.05) is 20.8 Å². The Kier molecular flexibility index (Phi) is 7.09. The predicted octanol–water partition coefficient (Wildman–Crippen LogP) is 2.01. The highest BCUT2D eigenvalue weighted by molar-refractivity contribution is 4.77. The van der Waals surface area contributed by atoms with E-state index in [1.54, 1.807) is 0 Å². The van der Waals surface area contributed by atoms with Gasteiger partial charge >= 0.3 is 0 Å². The first-order valence-electron chi connectivity index (χ1n) is 7.19. The molecule has 102 valence electrons. The monoisotopic (exact) mass is 242 g/mol. The largest absolute Gasteiger partial charge is 0.378 e. The molecular weight excluding hydrogens is 212 g/mol. The minimum absolute atomic E-state index is 0.476. The highest BCUT2D eigenvalue weighted by Gasteiger charge is 2.26. The third-order valence-corrected chi connectivity index (χ3v) is 3.73. The molecule has 3 nitrogen and oxygen atoms in total. The molecule has 3 N–H and O–H groups in total. The molecule has 0 aromatic heterocycles. The third kappa shape index (κ3) is 5.36. The van der Waals surface area contributed by atoms with Crippen LogP contribution in [0.15, 0.2) is 0 Å². The molecule has 1 aliphatic rings. The van der Waals surface area contributed by atoms with Gasteiger partial charge in [0, 0.05) is 13.2 Å². The number of hydrogen-bond acceptors (Lipinski definition) is 3. The van der Waals surface area contributed by atoms with Crippen molar-refractivity contribution in [3.63, 3.8) is 0 Å². The molecule has 0 saturated carbocycles. The van der Waals surface area contributed by atoms with Crippen molar-refractivity contribution in [2.75, 3.05) is 26.2 Å². The van der Waals surface area contributed by atoms with Gasteiger partial charge in [0.1, 0.15) is 0 Å². The summed E-state index contributed by atoms with van der Waals surface area (Å²) >= 11 is 0. The van der Waals surface area contributed by atoms with Crippen molar-refractivity contribution < 1.29 is 4.74 Å². The molecule has 1 aliphatic heterocycles. The molecule has 3 unspecified atom stereocenters. The van der Waals surface area contributed by atoms with Crippen LogP contribution in [0.3, 0.4) is 0 Å². The summed E-state index contributed by atoms with van der Waals surface area (Å²) in [5.74, 6) is 2.07. The maximum Gasteiger partial charge on any atom is 0.0613 e. The van der Waals surface area contributed by atoms with E-state index >= 15 is 0 Å². The standard InChI is InChI=1S/C14H30N2O/c1-4-14-13(5-6-17-14)10-16-9-12(8-15)7-11(2)3/h11-14,16H,4-10,15H2,1-3H3. The van der Waals surface area contributed by atoms with Crippen LogP contribution in [0.2, 0.25) is 0 Å². The van der Waals surface area contributed by atoms with E-state index in [1.165, 1.54) is 12.8 Å². The molecule has 0 spiro atoms. The molecule has 0 aromatic carbocycles. The highest BCUT2D eigenvalue weighted by atomic mass is 16.5. The van der Waals surface area contributed by atoms with Crippen molar-refractivity contribution in [1.82, 2.24) is 5.32 Å². The molecule has 1 heterocycles. The summed E-state index contributed by atoms with van der Waals surface area (Å²) < 4.78 is 5.70. The molecule has 3 heteroatoms. The minimum Gasteiger partial charge on any atom is -0.378 e. The first-order valence-corrected chi connectivity index (χ1v) is 7.19. The average molecular weight is 242 g/mol. The van der Waals surface area contributed by atoms with Crippen molar-refractivity contribution in [3.8, 4) is 0 Å². The van der Waals surface area contributed by atoms with Crippen molar-refractivity contribution in [2.45, 2.75) is 46.1 Å². The molecule has 0 bridgehead atoms. The van der Waals surface area contributed by atoms with Crippen LogP contribution in [0.5, 0.6) is 0 Å². The number of nitrogens with two attached hydrogens (primary N) is 1. The normalized spacial score (nSPS) is 26.6. The molecule has 0 amide bonds. The second kappa shape index (κ2) is 8.06. The van der Waals surface area contributed by atoms with Crippen LogP contribution in [0, 0.1) is 17.8 Å². The molecule has 3 atom stereocenters. The lowest BCUT2D eigenvalue weighted by atomic mass is 9.96. The first kappa shape index (κ1) is 14.9. The van der Waals surface area contributed by atoms with Crippen LogP contribution >= 0.6 is 0 Å². The van der Waals surface area contributed by atoms with Crippen LogP contribution in [0.1, 0.15) is 40.0 Å². The Balaban J connectivity index is 2.17. The Morgan fingerprint density at radius 1 is 1.41 bits per heavy atom. The molecular formula is C14H30N2O. The highest BCUT2D eigenvalue weighted by Crippen LogP contribution is 2.22. The van der Waals surface area contributed by atoms with Gasteiger partial charge < -0.3 is 15.8 Å². The zero-order valence-electron chi connectivity index (χ0n) is 11.7. The molecule has 0 radical (unpaired) electrons. The van der Waals surface area contributed by atoms with Crippen LogP contribution in [-0.2, 0) is 4.74 Å². The number of rotatable bonds is 8. The number of ether oxygens (including phenoxy) is 1. The van der Waals surface area contributed by atoms with E-state index < -0.39 is 0 Å². The van der Waals surface area contributed by atoms with E-state index in [9.17, 15) is 0 Å².